The molecule has 235 valence electrons. The van der Waals surface area contributed by atoms with E-state index in [1.54, 1.807) is 35.2 Å². The van der Waals surface area contributed by atoms with E-state index >= 15 is 0 Å². The second kappa shape index (κ2) is 28.6. The van der Waals surface area contributed by atoms with E-state index in [0.717, 1.165) is 28.8 Å². The third kappa shape index (κ3) is 16.7. The molecule has 1 radical (unpaired) electrons. The zero-order chi connectivity index (χ0) is 29.8. The number of halogens is 1. The minimum atomic E-state index is -0.586. The van der Waals surface area contributed by atoms with Crippen LogP contribution in [0.25, 0.3) is 5.73 Å². The molecule has 4 nitrogen and oxygen atoms in total. The molecule has 0 aliphatic carbocycles. The van der Waals surface area contributed by atoms with Crippen molar-refractivity contribution in [1.82, 2.24) is 0 Å². The fraction of sp³-hybridized carbons (Fsp3) is 0.441. The Kier molecular flexibility index (Phi) is 32.6. The van der Waals surface area contributed by atoms with Crippen molar-refractivity contribution in [3.05, 3.63) is 99.7 Å². The van der Waals surface area contributed by atoms with Crippen LogP contribution in [0, 0.1) is 19.9 Å². The molecule has 8 heteroatoms. The molecule has 0 bridgehead atoms. The molecule has 1 aliphatic rings. The number of aryl methyl sites for hydroxylation is 2. The summed E-state index contributed by atoms with van der Waals surface area (Å²) in [7, 11) is 0. The van der Waals surface area contributed by atoms with Gasteiger partial charge in [-0.3, -0.25) is 4.79 Å². The fourth-order valence-corrected chi connectivity index (χ4v) is 3.97. The Morgan fingerprint density at radius 1 is 1.02 bits per heavy atom. The van der Waals surface area contributed by atoms with E-state index in [1.807, 2.05) is 71.9 Å². The number of carbonyl (C=O) groups is 1. The predicted molar refractivity (Wildman–Crippen MR) is 179 cm³/mol. The SMILES string of the molecule is CC.CC.CCCCC.Cc1c[c-]ccc1C(=O)N1CCCC(O)c2cc(Cl)ccc21.Cc1ccccc1[NH-].[Re].[SH-].[W+2]. The van der Waals surface area contributed by atoms with Gasteiger partial charge in [0, 0.05) is 43.2 Å². The molecule has 0 saturated carbocycles. The number of amides is 1. The van der Waals surface area contributed by atoms with E-state index in [9.17, 15) is 9.90 Å². The van der Waals surface area contributed by atoms with Gasteiger partial charge in [-0.25, -0.2) is 0 Å². The van der Waals surface area contributed by atoms with E-state index in [0.29, 0.717) is 29.2 Å². The number of unbranched alkanes of at least 4 members (excludes halogenated alkanes) is 2. The average molecular weight is 956 g/mol. The first kappa shape index (κ1) is 47.8. The smallest absolute Gasteiger partial charge is 0.813 e. The monoisotopic (exact) mass is 956 g/mol. The van der Waals surface area contributed by atoms with Crippen molar-refractivity contribution >= 4 is 42.4 Å². The Morgan fingerprint density at radius 2 is 1.62 bits per heavy atom. The third-order valence-electron chi connectivity index (χ3n) is 5.90. The molecule has 1 aliphatic heterocycles. The summed E-state index contributed by atoms with van der Waals surface area (Å²) in [6, 6.07) is 21.2. The first-order chi connectivity index (χ1) is 18.8. The summed E-state index contributed by atoms with van der Waals surface area (Å²) in [4.78, 5) is 14.7. The number of nitrogens with one attached hydrogen (secondary N) is 1. The van der Waals surface area contributed by atoms with Crippen LogP contribution in [0.1, 0.15) is 107 Å². The topological polar surface area (TPSA) is 64.3 Å². The summed E-state index contributed by atoms with van der Waals surface area (Å²) in [6.07, 6.45) is 4.86. The Balaban J connectivity index is -0.000000303. The van der Waals surface area contributed by atoms with Gasteiger partial charge in [0.25, 0.3) is 0 Å². The number of hydrogen-bond acceptors (Lipinski definition) is 3. The van der Waals surface area contributed by atoms with Crippen molar-refractivity contribution in [1.29, 1.82) is 0 Å². The second-order valence-corrected chi connectivity index (χ2v) is 9.16. The molecule has 4 rings (SSSR count). The molecule has 0 saturated heterocycles. The Labute approximate surface area is 296 Å². The molecule has 1 atom stereocenters. The molecule has 3 aromatic rings. The molecule has 2 N–H and O–H groups in total. The standard InChI is InChI=1S/C18H17ClNO2.C7H8N.C5H12.2C2H6.Re.H2S.W/c1-12-5-2-3-6-14(12)18(22)20-10-4-7-17(21)15-11-13(19)8-9-16(15)20;1-6-4-2-3-5-7(6)8;1-3-5-4-2;2*1-2;;;/h3,5-6,8-9,11,17,21H,4,7,10H2,1H3;2-5,8H,1H3;3-5H2,1-2H3;2*1-2H3;;1H2;/q2*-1;;;;;;+2/p-1. The number of fused-ring (bicyclic) bond motifs is 1. The van der Waals surface area contributed by atoms with Crippen LogP contribution in [-0.4, -0.2) is 17.6 Å². The molecule has 3 aromatic carbocycles. The number of nitrogens with zero attached hydrogens (tertiary/aromatic N) is 1. The van der Waals surface area contributed by atoms with Crippen molar-refractivity contribution in [3.8, 4) is 0 Å². The number of carbonyl (C=O) groups excluding carboxylic acids is 1. The summed E-state index contributed by atoms with van der Waals surface area (Å²) in [5, 5.41) is 10.9. The number of aliphatic hydroxyl groups excluding tert-OH is 1. The van der Waals surface area contributed by atoms with E-state index < -0.39 is 6.10 Å². The molecule has 0 spiro atoms. The van der Waals surface area contributed by atoms with Crippen molar-refractivity contribution in [2.24, 2.45) is 0 Å². The molecule has 1 amide bonds. The van der Waals surface area contributed by atoms with Crippen molar-refractivity contribution < 1.29 is 51.4 Å². The minimum absolute atomic E-state index is 0. The van der Waals surface area contributed by atoms with Crippen molar-refractivity contribution in [2.75, 3.05) is 11.4 Å². The van der Waals surface area contributed by atoms with Crippen LogP contribution in [0.3, 0.4) is 0 Å². The maximum atomic E-state index is 12.9. The molecule has 42 heavy (non-hydrogen) atoms. The average Bonchev–Trinajstić information content (AvgIpc) is 3.12. The summed E-state index contributed by atoms with van der Waals surface area (Å²) >= 11 is 6.05. The zero-order valence-electron chi connectivity index (χ0n) is 26.5. The summed E-state index contributed by atoms with van der Waals surface area (Å²) in [5.74, 6) is -0.0517. The van der Waals surface area contributed by atoms with Gasteiger partial charge in [0.15, 0.2) is 0 Å². The number of benzene rings is 3. The van der Waals surface area contributed by atoms with Gasteiger partial charge < -0.3 is 29.2 Å². The number of anilines is 1. The first-order valence-electron chi connectivity index (χ1n) is 14.3. The van der Waals surface area contributed by atoms with Gasteiger partial charge in [0.2, 0.25) is 5.91 Å². The Bertz CT molecular complexity index is 1080. The largest absolute Gasteiger partial charge is 2.00 e. The molecule has 0 aromatic heterocycles. The maximum Gasteiger partial charge on any atom is 2.00 e. The molecule has 1 heterocycles. The third-order valence-corrected chi connectivity index (χ3v) is 6.13. The summed E-state index contributed by atoms with van der Waals surface area (Å²) in [6.45, 7) is 16.8. The van der Waals surface area contributed by atoms with E-state index in [1.165, 1.54) is 19.3 Å². The Morgan fingerprint density at radius 3 is 2.10 bits per heavy atom. The quantitative estimate of drug-likeness (QED) is 0.162. The predicted octanol–water partition coefficient (Wildman–Crippen LogP) is 10.6. The van der Waals surface area contributed by atoms with Crippen LogP contribution in [0.5, 0.6) is 0 Å². The van der Waals surface area contributed by atoms with Crippen molar-refractivity contribution in [3.63, 3.8) is 0 Å². The van der Waals surface area contributed by atoms with Crippen LogP contribution in [-0.2, 0) is 55.0 Å². The van der Waals surface area contributed by atoms with Crippen LogP contribution < -0.4 is 4.90 Å². The van der Waals surface area contributed by atoms with E-state index in [-0.39, 0.29) is 60.9 Å². The van der Waals surface area contributed by atoms with Gasteiger partial charge in [-0.2, -0.15) is 24.3 Å². The summed E-state index contributed by atoms with van der Waals surface area (Å²) in [5.41, 5.74) is 11.9. The van der Waals surface area contributed by atoms with Gasteiger partial charge >= 0.3 is 21.1 Å². The number of aliphatic hydroxyl groups is 1. The molecule has 0 fully saturated rings. The van der Waals surface area contributed by atoms with E-state index in [2.05, 4.69) is 19.9 Å². The molecular formula is C34H50ClN2O2ReSW-. The summed E-state index contributed by atoms with van der Waals surface area (Å²) < 4.78 is 0. The second-order valence-electron chi connectivity index (χ2n) is 8.73. The molecule has 1 unspecified atom stereocenters. The van der Waals surface area contributed by atoms with Gasteiger partial charge in [-0.1, -0.05) is 115 Å². The fourth-order valence-electron chi connectivity index (χ4n) is 3.79. The van der Waals surface area contributed by atoms with Gasteiger partial charge in [0.05, 0.1) is 6.10 Å². The maximum absolute atomic E-state index is 12.9. The normalized spacial score (nSPS) is 12.3. The van der Waals surface area contributed by atoms with Gasteiger partial charge in [0.1, 0.15) is 0 Å². The number of rotatable bonds is 3. The van der Waals surface area contributed by atoms with Crippen LogP contribution >= 0.6 is 11.6 Å². The number of thiol groups is 1. The van der Waals surface area contributed by atoms with Gasteiger partial charge in [-0.05, 0) is 38.0 Å². The first-order valence-corrected chi connectivity index (χ1v) is 14.7. The molecular weight excluding hydrogens is 906 g/mol. The van der Waals surface area contributed by atoms with Crippen molar-refractivity contribution in [2.45, 2.75) is 93.6 Å². The van der Waals surface area contributed by atoms with Crippen LogP contribution in [0.4, 0.5) is 11.4 Å². The van der Waals surface area contributed by atoms with Crippen LogP contribution in [0.2, 0.25) is 5.02 Å². The van der Waals surface area contributed by atoms with Gasteiger partial charge in [-0.15, -0.1) is 11.3 Å². The Hall–Kier alpha value is -1.12. The zero-order valence-corrected chi connectivity index (χ0v) is 33.8. The van der Waals surface area contributed by atoms with Crippen LogP contribution in [0.15, 0.2) is 60.7 Å². The van der Waals surface area contributed by atoms with E-state index in [4.69, 9.17) is 17.3 Å². The minimum Gasteiger partial charge on any atom is -0.813 e. The number of hydrogen-bond donors (Lipinski definition) is 1.